The van der Waals surface area contributed by atoms with E-state index in [1.54, 1.807) is 0 Å². The predicted molar refractivity (Wildman–Crippen MR) is 90.0 cm³/mol. The molecule has 0 aliphatic heterocycles. The topological polar surface area (TPSA) is 20.2 Å². The summed E-state index contributed by atoms with van der Waals surface area (Å²) >= 11 is 3.48. The summed E-state index contributed by atoms with van der Waals surface area (Å²) in [7, 11) is 0. The molecule has 0 saturated carbocycles. The van der Waals surface area contributed by atoms with Gasteiger partial charge in [0, 0.05) is 11.9 Å². The molecule has 0 heterocycles. The lowest BCUT2D eigenvalue weighted by Gasteiger charge is -2.02. The number of allylic oxidation sites excluding steroid dienone is 1. The minimum Gasteiger partial charge on any atom is -0.396 e. The molecule has 0 saturated heterocycles. The Bertz CT molecular complexity index is 180. The van der Waals surface area contributed by atoms with Gasteiger partial charge in [-0.3, -0.25) is 0 Å². The second kappa shape index (κ2) is 18.2. The fourth-order valence-corrected chi connectivity index (χ4v) is 2.65. The molecule has 0 aromatic rings. The van der Waals surface area contributed by atoms with Gasteiger partial charge in [0.2, 0.25) is 0 Å². The summed E-state index contributed by atoms with van der Waals surface area (Å²) in [5, 5.41) is 9.79. The fourth-order valence-electron chi connectivity index (χ4n) is 2.26. The highest BCUT2D eigenvalue weighted by molar-refractivity contribution is 9.09. The monoisotopic (exact) mass is 332 g/mol. The van der Waals surface area contributed by atoms with Crippen LogP contribution in [0.5, 0.6) is 0 Å². The van der Waals surface area contributed by atoms with Crippen LogP contribution in [0.15, 0.2) is 12.2 Å². The van der Waals surface area contributed by atoms with E-state index in [-0.39, 0.29) is 6.61 Å². The summed E-state index contributed by atoms with van der Waals surface area (Å²) in [6.07, 6.45) is 21.7. The van der Waals surface area contributed by atoms with E-state index in [0.717, 1.165) is 6.42 Å². The van der Waals surface area contributed by atoms with Crippen LogP contribution in [0.4, 0.5) is 0 Å². The van der Waals surface area contributed by atoms with Gasteiger partial charge in [0.05, 0.1) is 0 Å². The molecule has 0 aromatic heterocycles. The van der Waals surface area contributed by atoms with Crippen molar-refractivity contribution in [3.8, 4) is 0 Å². The summed E-state index contributed by atoms with van der Waals surface area (Å²) in [4.78, 5) is 0. The molecule has 1 nitrogen and oxygen atoms in total. The number of aliphatic hydroxyl groups is 1. The molecule has 2 heteroatoms. The number of hydrogen-bond acceptors (Lipinski definition) is 1. The molecule has 0 rings (SSSR count). The number of aliphatic hydroxyl groups excluding tert-OH is 1. The van der Waals surface area contributed by atoms with E-state index in [0.29, 0.717) is 0 Å². The standard InChI is InChI=1S/C17H33BrO/c18-16-14-12-10-8-6-4-2-1-3-5-7-9-11-13-15-17-19/h11,13,19H,1-10,12,14-17H2/b13-11+. The van der Waals surface area contributed by atoms with E-state index >= 15 is 0 Å². The molecule has 0 aromatic carbocycles. The Morgan fingerprint density at radius 2 is 1.00 bits per heavy atom. The Hall–Kier alpha value is 0.180. The zero-order chi connectivity index (χ0) is 14.0. The normalized spacial score (nSPS) is 11.5. The molecule has 0 bridgehead atoms. The van der Waals surface area contributed by atoms with E-state index in [9.17, 15) is 0 Å². The van der Waals surface area contributed by atoms with Crippen LogP contribution in [-0.4, -0.2) is 17.0 Å². The van der Waals surface area contributed by atoms with Crippen LogP contribution < -0.4 is 0 Å². The summed E-state index contributed by atoms with van der Waals surface area (Å²) in [6, 6.07) is 0. The fraction of sp³-hybridized carbons (Fsp3) is 0.882. The van der Waals surface area contributed by atoms with Gasteiger partial charge in [0.1, 0.15) is 0 Å². The van der Waals surface area contributed by atoms with Crippen molar-refractivity contribution in [1.82, 2.24) is 0 Å². The largest absolute Gasteiger partial charge is 0.396 e. The number of hydrogen-bond donors (Lipinski definition) is 1. The Kier molecular flexibility index (Phi) is 18.4. The third-order valence-electron chi connectivity index (χ3n) is 3.47. The summed E-state index contributed by atoms with van der Waals surface area (Å²) in [6.45, 7) is 0.284. The van der Waals surface area contributed by atoms with Crippen LogP contribution in [0.1, 0.15) is 83.5 Å². The molecule has 0 unspecified atom stereocenters. The van der Waals surface area contributed by atoms with Gasteiger partial charge in [0.15, 0.2) is 0 Å². The lowest BCUT2D eigenvalue weighted by molar-refractivity contribution is 0.302. The SMILES string of the molecule is OCC/C=C/CCCCCCCCCCCCCBr. The minimum absolute atomic E-state index is 0.284. The van der Waals surface area contributed by atoms with E-state index in [1.165, 1.54) is 82.4 Å². The highest BCUT2D eigenvalue weighted by Gasteiger charge is 1.92. The Morgan fingerprint density at radius 3 is 1.47 bits per heavy atom. The zero-order valence-corrected chi connectivity index (χ0v) is 14.2. The summed E-state index contributed by atoms with van der Waals surface area (Å²) in [5.41, 5.74) is 0. The molecular formula is C17H33BrO. The number of halogens is 1. The van der Waals surface area contributed by atoms with E-state index < -0.39 is 0 Å². The van der Waals surface area contributed by atoms with Crippen LogP contribution in [-0.2, 0) is 0 Å². The first-order valence-corrected chi connectivity index (χ1v) is 9.35. The zero-order valence-electron chi connectivity index (χ0n) is 12.6. The first-order valence-electron chi connectivity index (χ1n) is 8.23. The van der Waals surface area contributed by atoms with Crippen molar-refractivity contribution < 1.29 is 5.11 Å². The van der Waals surface area contributed by atoms with Crippen molar-refractivity contribution in [2.24, 2.45) is 0 Å². The quantitative estimate of drug-likeness (QED) is 0.221. The molecular weight excluding hydrogens is 300 g/mol. The van der Waals surface area contributed by atoms with Crippen LogP contribution in [0, 0.1) is 0 Å². The first-order chi connectivity index (χ1) is 9.41. The molecule has 0 amide bonds. The maximum absolute atomic E-state index is 8.62. The van der Waals surface area contributed by atoms with Gasteiger partial charge in [-0.2, -0.15) is 0 Å². The average Bonchev–Trinajstić information content (AvgIpc) is 2.43. The van der Waals surface area contributed by atoms with Gasteiger partial charge in [-0.05, 0) is 25.7 Å². The average molecular weight is 333 g/mol. The molecule has 0 spiro atoms. The Morgan fingerprint density at radius 1 is 0.579 bits per heavy atom. The van der Waals surface area contributed by atoms with Crippen molar-refractivity contribution in [1.29, 1.82) is 0 Å². The number of unbranched alkanes of at least 4 members (excludes halogenated alkanes) is 11. The lowest BCUT2D eigenvalue weighted by atomic mass is 10.1. The third kappa shape index (κ3) is 18.2. The van der Waals surface area contributed by atoms with Crippen LogP contribution in [0.3, 0.4) is 0 Å². The Balaban J connectivity index is 2.95. The van der Waals surface area contributed by atoms with Gasteiger partial charge in [-0.25, -0.2) is 0 Å². The molecule has 1 N–H and O–H groups in total. The van der Waals surface area contributed by atoms with Crippen molar-refractivity contribution in [2.75, 3.05) is 11.9 Å². The van der Waals surface area contributed by atoms with E-state index in [4.69, 9.17) is 5.11 Å². The van der Waals surface area contributed by atoms with Crippen molar-refractivity contribution in [3.63, 3.8) is 0 Å². The maximum atomic E-state index is 8.62. The van der Waals surface area contributed by atoms with E-state index in [1.807, 2.05) is 0 Å². The molecule has 0 aliphatic carbocycles. The predicted octanol–water partition coefficient (Wildman–Crippen LogP) is 6.00. The van der Waals surface area contributed by atoms with Crippen molar-refractivity contribution in [3.05, 3.63) is 12.2 Å². The minimum atomic E-state index is 0.284. The molecule has 0 fully saturated rings. The molecule has 114 valence electrons. The van der Waals surface area contributed by atoms with Crippen LogP contribution in [0.2, 0.25) is 0 Å². The number of rotatable bonds is 15. The van der Waals surface area contributed by atoms with Gasteiger partial charge in [-0.15, -0.1) is 0 Å². The summed E-state index contributed by atoms with van der Waals surface area (Å²) in [5.74, 6) is 0. The van der Waals surface area contributed by atoms with Gasteiger partial charge < -0.3 is 5.11 Å². The number of alkyl halides is 1. The van der Waals surface area contributed by atoms with Gasteiger partial charge >= 0.3 is 0 Å². The molecule has 0 aliphatic rings. The highest BCUT2D eigenvalue weighted by atomic mass is 79.9. The molecule has 19 heavy (non-hydrogen) atoms. The molecule has 0 radical (unpaired) electrons. The van der Waals surface area contributed by atoms with Crippen molar-refractivity contribution >= 4 is 15.9 Å². The molecule has 0 atom stereocenters. The van der Waals surface area contributed by atoms with Gasteiger partial charge in [-0.1, -0.05) is 85.9 Å². The van der Waals surface area contributed by atoms with E-state index in [2.05, 4.69) is 28.1 Å². The van der Waals surface area contributed by atoms with Crippen molar-refractivity contribution in [2.45, 2.75) is 83.5 Å². The second-order valence-corrected chi connectivity index (χ2v) is 6.14. The summed E-state index contributed by atoms with van der Waals surface area (Å²) < 4.78 is 0. The van der Waals surface area contributed by atoms with Gasteiger partial charge in [0.25, 0.3) is 0 Å². The third-order valence-corrected chi connectivity index (χ3v) is 4.03. The Labute approximate surface area is 129 Å². The smallest absolute Gasteiger partial charge is 0.0465 e. The highest BCUT2D eigenvalue weighted by Crippen LogP contribution is 2.12. The first kappa shape index (κ1) is 19.2. The lowest BCUT2D eigenvalue weighted by Crippen LogP contribution is -1.83. The van der Waals surface area contributed by atoms with Crippen LogP contribution >= 0.6 is 15.9 Å². The second-order valence-electron chi connectivity index (χ2n) is 5.35. The maximum Gasteiger partial charge on any atom is 0.0465 e. The van der Waals surface area contributed by atoms with Crippen LogP contribution in [0.25, 0.3) is 0 Å².